The number of halogens is 1. The molecule has 0 rings (SSSR count). The van der Waals surface area contributed by atoms with Gasteiger partial charge in [-0.05, 0) is 12.8 Å². The van der Waals surface area contributed by atoms with Crippen LogP contribution in [0.15, 0.2) is 0 Å². The number of aliphatic hydroxyl groups is 1. The van der Waals surface area contributed by atoms with E-state index in [2.05, 4.69) is 5.32 Å². The number of hydrogen-bond acceptors (Lipinski definition) is 3. The monoisotopic (exact) mass is 252 g/mol. The minimum absolute atomic E-state index is 0. The zero-order chi connectivity index (χ0) is 12.2. The van der Waals surface area contributed by atoms with E-state index in [1.807, 2.05) is 27.7 Å². The molecule has 1 amide bonds. The van der Waals surface area contributed by atoms with Crippen LogP contribution in [0.3, 0.4) is 0 Å². The highest BCUT2D eigenvalue weighted by Crippen LogP contribution is 2.24. The lowest BCUT2D eigenvalue weighted by Crippen LogP contribution is -2.47. The number of nitrogens with one attached hydrogen (secondary N) is 1. The maximum Gasteiger partial charge on any atom is 0.236 e. The van der Waals surface area contributed by atoms with Crippen LogP contribution in [-0.2, 0) is 4.79 Å². The Hall–Kier alpha value is -0.320. The third-order valence-corrected chi connectivity index (χ3v) is 2.56. The molecule has 0 heterocycles. The fourth-order valence-corrected chi connectivity index (χ4v) is 1.48. The second-order valence-electron chi connectivity index (χ2n) is 5.18. The van der Waals surface area contributed by atoms with Gasteiger partial charge in [-0.2, -0.15) is 0 Å². The summed E-state index contributed by atoms with van der Waals surface area (Å²) in [6.07, 6.45) is -0.439. The van der Waals surface area contributed by atoms with E-state index in [4.69, 9.17) is 5.73 Å². The molecular formula is C11H25ClN2O2. The van der Waals surface area contributed by atoms with Crippen molar-refractivity contribution < 1.29 is 9.90 Å². The van der Waals surface area contributed by atoms with Crippen molar-refractivity contribution in [3.05, 3.63) is 0 Å². The van der Waals surface area contributed by atoms with E-state index >= 15 is 0 Å². The van der Waals surface area contributed by atoms with Crippen LogP contribution in [0.5, 0.6) is 0 Å². The van der Waals surface area contributed by atoms with Gasteiger partial charge in [-0.1, -0.05) is 27.7 Å². The summed E-state index contributed by atoms with van der Waals surface area (Å²) in [4.78, 5) is 11.3. The van der Waals surface area contributed by atoms with Gasteiger partial charge >= 0.3 is 0 Å². The van der Waals surface area contributed by atoms with Crippen LogP contribution in [-0.4, -0.2) is 29.7 Å². The van der Waals surface area contributed by atoms with Gasteiger partial charge in [0.2, 0.25) is 5.91 Å². The summed E-state index contributed by atoms with van der Waals surface area (Å²) in [6.45, 7) is 9.85. The topological polar surface area (TPSA) is 75.4 Å². The van der Waals surface area contributed by atoms with Gasteiger partial charge in [0.15, 0.2) is 0 Å². The van der Waals surface area contributed by atoms with Gasteiger partial charge in [-0.25, -0.2) is 0 Å². The number of hydrogen-bond donors (Lipinski definition) is 3. The van der Waals surface area contributed by atoms with Crippen molar-refractivity contribution in [3.63, 3.8) is 0 Å². The van der Waals surface area contributed by atoms with E-state index in [1.165, 1.54) is 0 Å². The number of amides is 1. The first kappa shape index (κ1) is 18.1. The minimum Gasteiger partial charge on any atom is -0.392 e. The Kier molecular flexibility index (Phi) is 8.00. The quantitative estimate of drug-likeness (QED) is 0.681. The van der Waals surface area contributed by atoms with E-state index in [1.54, 1.807) is 6.92 Å². The first-order chi connectivity index (χ1) is 6.68. The highest BCUT2D eigenvalue weighted by atomic mass is 35.5. The molecule has 4 nitrogen and oxygen atoms in total. The fraction of sp³-hybridized carbons (Fsp3) is 0.909. The number of carbonyl (C=O) groups is 1. The van der Waals surface area contributed by atoms with Crippen molar-refractivity contribution in [1.29, 1.82) is 0 Å². The van der Waals surface area contributed by atoms with Gasteiger partial charge in [0, 0.05) is 12.0 Å². The largest absolute Gasteiger partial charge is 0.392 e. The van der Waals surface area contributed by atoms with Crippen LogP contribution in [0.1, 0.15) is 34.6 Å². The molecule has 0 fully saturated rings. The highest BCUT2D eigenvalue weighted by Gasteiger charge is 2.30. The Bertz CT molecular complexity index is 218. The number of carbonyl (C=O) groups excluding carboxylic acids is 1. The third kappa shape index (κ3) is 5.68. The maximum atomic E-state index is 11.3. The summed E-state index contributed by atoms with van der Waals surface area (Å²) < 4.78 is 0. The number of aliphatic hydroxyl groups excluding tert-OH is 1. The van der Waals surface area contributed by atoms with Crippen molar-refractivity contribution in [1.82, 2.24) is 5.32 Å². The van der Waals surface area contributed by atoms with Gasteiger partial charge in [0.1, 0.15) is 0 Å². The van der Waals surface area contributed by atoms with Crippen LogP contribution < -0.4 is 11.1 Å². The molecular weight excluding hydrogens is 228 g/mol. The zero-order valence-electron chi connectivity index (χ0n) is 10.8. The summed E-state index contributed by atoms with van der Waals surface area (Å²) in [6, 6.07) is -0.503. The molecule has 5 heteroatoms. The van der Waals surface area contributed by atoms with Gasteiger partial charge < -0.3 is 16.2 Å². The Morgan fingerprint density at radius 3 is 2.12 bits per heavy atom. The number of rotatable bonds is 5. The average molecular weight is 253 g/mol. The first-order valence-electron chi connectivity index (χ1n) is 5.40. The molecule has 0 saturated heterocycles. The predicted octanol–water partition coefficient (Wildman–Crippen LogP) is 0.915. The van der Waals surface area contributed by atoms with Gasteiger partial charge in [0.05, 0.1) is 12.1 Å². The molecule has 16 heavy (non-hydrogen) atoms. The molecule has 0 aromatic heterocycles. The molecule has 0 spiro atoms. The molecule has 0 radical (unpaired) electrons. The van der Waals surface area contributed by atoms with E-state index in [0.717, 1.165) is 0 Å². The predicted molar refractivity (Wildman–Crippen MR) is 68.5 cm³/mol. The number of nitrogens with two attached hydrogens (primary N) is 1. The van der Waals surface area contributed by atoms with Crippen molar-refractivity contribution in [3.8, 4) is 0 Å². The third-order valence-electron chi connectivity index (χ3n) is 2.56. The Morgan fingerprint density at radius 1 is 1.38 bits per heavy atom. The van der Waals surface area contributed by atoms with E-state index in [0.29, 0.717) is 6.54 Å². The molecule has 0 aromatic rings. The van der Waals surface area contributed by atoms with Crippen LogP contribution in [0.25, 0.3) is 0 Å². The van der Waals surface area contributed by atoms with Gasteiger partial charge in [-0.3, -0.25) is 4.79 Å². The molecule has 2 atom stereocenters. The van der Waals surface area contributed by atoms with E-state index in [-0.39, 0.29) is 29.6 Å². The van der Waals surface area contributed by atoms with E-state index < -0.39 is 12.1 Å². The van der Waals surface area contributed by atoms with Gasteiger partial charge in [-0.15, -0.1) is 12.4 Å². The Balaban J connectivity index is 0. The second-order valence-corrected chi connectivity index (χ2v) is 5.18. The SMILES string of the molecule is CC(N)C(=O)NCC(C)(C)C(O)C(C)C.Cl. The molecule has 2 unspecified atom stereocenters. The Labute approximate surface area is 104 Å². The first-order valence-corrected chi connectivity index (χ1v) is 5.40. The van der Waals surface area contributed by atoms with Crippen LogP contribution in [0, 0.1) is 11.3 Å². The van der Waals surface area contributed by atoms with Crippen LogP contribution >= 0.6 is 12.4 Å². The lowest BCUT2D eigenvalue weighted by Gasteiger charge is -2.33. The Morgan fingerprint density at radius 2 is 1.81 bits per heavy atom. The molecule has 0 saturated carbocycles. The summed E-state index contributed by atoms with van der Waals surface area (Å²) in [5.41, 5.74) is 5.09. The lowest BCUT2D eigenvalue weighted by molar-refractivity contribution is -0.123. The van der Waals surface area contributed by atoms with Crippen molar-refractivity contribution in [2.24, 2.45) is 17.1 Å². The molecule has 98 valence electrons. The maximum absolute atomic E-state index is 11.3. The second kappa shape index (κ2) is 7.09. The van der Waals surface area contributed by atoms with Crippen molar-refractivity contribution >= 4 is 18.3 Å². The summed E-state index contributed by atoms with van der Waals surface area (Å²) in [5.74, 6) is -0.00812. The summed E-state index contributed by atoms with van der Waals surface area (Å²) >= 11 is 0. The lowest BCUT2D eigenvalue weighted by atomic mass is 9.80. The van der Waals surface area contributed by atoms with E-state index in [9.17, 15) is 9.90 Å². The normalized spacial score (nSPS) is 15.2. The van der Waals surface area contributed by atoms with Crippen LogP contribution in [0.4, 0.5) is 0 Å². The van der Waals surface area contributed by atoms with Crippen LogP contribution in [0.2, 0.25) is 0 Å². The minimum atomic E-state index is -0.503. The zero-order valence-corrected chi connectivity index (χ0v) is 11.6. The van der Waals surface area contributed by atoms with Gasteiger partial charge in [0.25, 0.3) is 0 Å². The molecule has 4 N–H and O–H groups in total. The molecule has 0 aliphatic rings. The standard InChI is InChI=1S/C11H24N2O2.ClH/c1-7(2)9(14)11(4,5)6-13-10(15)8(3)12;/h7-9,14H,6,12H2,1-5H3,(H,13,15);1H. The molecule has 0 aliphatic heterocycles. The average Bonchev–Trinajstić information content (AvgIpc) is 2.12. The molecule has 0 aliphatic carbocycles. The molecule has 0 bridgehead atoms. The fourth-order valence-electron chi connectivity index (χ4n) is 1.48. The summed E-state index contributed by atoms with van der Waals surface area (Å²) in [5, 5.41) is 12.7. The van der Waals surface area contributed by atoms with Crippen molar-refractivity contribution in [2.75, 3.05) is 6.54 Å². The molecule has 0 aromatic carbocycles. The summed E-state index contributed by atoms with van der Waals surface area (Å²) in [7, 11) is 0. The van der Waals surface area contributed by atoms with Crippen molar-refractivity contribution in [2.45, 2.75) is 46.8 Å². The highest BCUT2D eigenvalue weighted by molar-refractivity contribution is 5.85. The smallest absolute Gasteiger partial charge is 0.236 e.